The molecule has 2 aromatic rings. The van der Waals surface area contributed by atoms with Crippen molar-refractivity contribution < 1.29 is 18.7 Å². The number of nitrogens with one attached hydrogen (secondary N) is 1. The molecule has 140 valence electrons. The predicted molar refractivity (Wildman–Crippen MR) is 98.9 cm³/mol. The Morgan fingerprint density at radius 2 is 1.73 bits per heavy atom. The van der Waals surface area contributed by atoms with Crippen LogP contribution in [0.3, 0.4) is 0 Å². The molecule has 0 saturated heterocycles. The van der Waals surface area contributed by atoms with Gasteiger partial charge in [0.2, 0.25) is 0 Å². The molecule has 26 heavy (non-hydrogen) atoms. The molecule has 0 aromatic heterocycles. The third-order valence-electron chi connectivity index (χ3n) is 4.10. The van der Waals surface area contributed by atoms with Gasteiger partial charge in [0.25, 0.3) is 5.91 Å². The quantitative estimate of drug-likeness (QED) is 0.786. The fourth-order valence-corrected chi connectivity index (χ4v) is 2.64. The molecule has 0 heterocycles. The van der Waals surface area contributed by atoms with Gasteiger partial charge in [0.1, 0.15) is 5.75 Å². The highest BCUT2D eigenvalue weighted by molar-refractivity contribution is 5.80. The lowest BCUT2D eigenvalue weighted by Gasteiger charge is -2.27. The van der Waals surface area contributed by atoms with E-state index in [9.17, 15) is 9.18 Å². The van der Waals surface area contributed by atoms with Crippen LogP contribution >= 0.6 is 0 Å². The number of amides is 1. The fraction of sp³-hybridized carbons (Fsp3) is 0.350. The third kappa shape index (κ3) is 4.95. The molecule has 0 fully saturated rings. The number of carbonyl (C=O) groups is 1. The van der Waals surface area contributed by atoms with Gasteiger partial charge in [-0.2, -0.15) is 0 Å². The van der Waals surface area contributed by atoms with E-state index in [0.717, 1.165) is 11.3 Å². The molecular formula is C20H25FN2O3. The van der Waals surface area contributed by atoms with Gasteiger partial charge in [-0.15, -0.1) is 0 Å². The summed E-state index contributed by atoms with van der Waals surface area (Å²) in [5.74, 6) is 0.0162. The number of nitrogens with zero attached hydrogens (tertiary/aromatic N) is 1. The second-order valence-electron chi connectivity index (χ2n) is 6.16. The normalized spacial score (nSPS) is 13.2. The smallest absolute Gasteiger partial charge is 0.260 e. The monoisotopic (exact) mass is 360 g/mol. The van der Waals surface area contributed by atoms with Crippen molar-refractivity contribution in [3.05, 3.63) is 59.9 Å². The van der Waals surface area contributed by atoms with E-state index in [2.05, 4.69) is 5.32 Å². The molecule has 2 atom stereocenters. The number of methoxy groups -OCH3 is 1. The minimum Gasteiger partial charge on any atom is -0.496 e. The second kappa shape index (κ2) is 9.20. The van der Waals surface area contributed by atoms with E-state index >= 15 is 0 Å². The number of para-hydroxylation sites is 2. The van der Waals surface area contributed by atoms with Gasteiger partial charge >= 0.3 is 0 Å². The van der Waals surface area contributed by atoms with Crippen molar-refractivity contribution in [2.24, 2.45) is 0 Å². The first kappa shape index (κ1) is 19.7. The number of carbonyl (C=O) groups excluding carboxylic acids is 1. The standard InChI is InChI=1S/C20H25FN2O3/c1-14(26-19-12-8-6-10-16(19)21)20(24)22-13-17(23(2)3)15-9-5-7-11-18(15)25-4/h5-12,14,17H,13H2,1-4H3,(H,22,24)/t14-,17-/m0/s1. The van der Waals surface area contributed by atoms with Crippen molar-refractivity contribution in [1.82, 2.24) is 10.2 Å². The van der Waals surface area contributed by atoms with Crippen molar-refractivity contribution in [3.8, 4) is 11.5 Å². The minimum atomic E-state index is -0.813. The SMILES string of the molecule is COc1ccccc1[C@H](CNC(=O)[C@H](C)Oc1ccccc1F)N(C)C. The molecule has 0 unspecified atom stereocenters. The average molecular weight is 360 g/mol. The van der Waals surface area contributed by atoms with Crippen LogP contribution in [0.5, 0.6) is 11.5 Å². The Balaban J connectivity index is 2.02. The summed E-state index contributed by atoms with van der Waals surface area (Å²) < 4.78 is 24.5. The molecule has 0 aliphatic rings. The summed E-state index contributed by atoms with van der Waals surface area (Å²) in [5.41, 5.74) is 0.975. The highest BCUT2D eigenvalue weighted by Crippen LogP contribution is 2.27. The number of halogens is 1. The van der Waals surface area contributed by atoms with Crippen LogP contribution in [0.2, 0.25) is 0 Å². The molecule has 0 spiro atoms. The number of hydrogen-bond donors (Lipinski definition) is 1. The van der Waals surface area contributed by atoms with Crippen LogP contribution in [0.4, 0.5) is 4.39 Å². The zero-order valence-electron chi connectivity index (χ0n) is 15.5. The maximum absolute atomic E-state index is 13.7. The van der Waals surface area contributed by atoms with E-state index in [-0.39, 0.29) is 17.7 Å². The van der Waals surface area contributed by atoms with Crippen LogP contribution in [0.1, 0.15) is 18.5 Å². The summed E-state index contributed by atoms with van der Waals surface area (Å²) in [4.78, 5) is 14.4. The Morgan fingerprint density at radius 3 is 2.35 bits per heavy atom. The lowest BCUT2D eigenvalue weighted by molar-refractivity contribution is -0.127. The Labute approximate surface area is 153 Å². The lowest BCUT2D eigenvalue weighted by atomic mass is 10.0. The summed E-state index contributed by atoms with van der Waals surface area (Å²) in [7, 11) is 5.49. The predicted octanol–water partition coefficient (Wildman–Crippen LogP) is 3.02. The van der Waals surface area contributed by atoms with Gasteiger partial charge in [-0.3, -0.25) is 4.79 Å². The van der Waals surface area contributed by atoms with Gasteiger partial charge in [0, 0.05) is 12.1 Å². The van der Waals surface area contributed by atoms with E-state index in [1.807, 2.05) is 43.3 Å². The number of likely N-dealkylation sites (N-methyl/N-ethyl adjacent to an activating group) is 1. The maximum Gasteiger partial charge on any atom is 0.260 e. The van der Waals surface area contributed by atoms with Crippen LogP contribution in [0, 0.1) is 5.82 Å². The Morgan fingerprint density at radius 1 is 1.12 bits per heavy atom. The van der Waals surface area contributed by atoms with Crippen molar-refractivity contribution in [1.29, 1.82) is 0 Å². The molecule has 0 bridgehead atoms. The molecule has 6 heteroatoms. The first-order chi connectivity index (χ1) is 12.4. The van der Waals surface area contributed by atoms with Crippen LogP contribution in [0.15, 0.2) is 48.5 Å². The molecule has 2 rings (SSSR count). The Bertz CT molecular complexity index is 737. The van der Waals surface area contributed by atoms with Gasteiger partial charge < -0.3 is 19.7 Å². The van der Waals surface area contributed by atoms with Crippen LogP contribution in [-0.2, 0) is 4.79 Å². The molecule has 0 radical (unpaired) electrons. The zero-order valence-corrected chi connectivity index (χ0v) is 15.5. The molecule has 0 aliphatic heterocycles. The Hall–Kier alpha value is -2.60. The number of benzene rings is 2. The van der Waals surface area contributed by atoms with Crippen molar-refractivity contribution in [3.63, 3.8) is 0 Å². The summed E-state index contributed by atoms with van der Waals surface area (Å²) in [6.07, 6.45) is -0.813. The minimum absolute atomic E-state index is 0.0593. The highest BCUT2D eigenvalue weighted by atomic mass is 19.1. The van der Waals surface area contributed by atoms with Crippen molar-refractivity contribution >= 4 is 5.91 Å². The average Bonchev–Trinajstić information content (AvgIpc) is 2.63. The van der Waals surface area contributed by atoms with E-state index in [0.29, 0.717) is 6.54 Å². The summed E-state index contributed by atoms with van der Waals surface area (Å²) in [6.45, 7) is 1.96. The molecule has 5 nitrogen and oxygen atoms in total. The van der Waals surface area contributed by atoms with Crippen LogP contribution in [-0.4, -0.2) is 44.7 Å². The molecule has 1 amide bonds. The number of rotatable bonds is 8. The number of hydrogen-bond acceptors (Lipinski definition) is 4. The van der Waals surface area contributed by atoms with Gasteiger partial charge in [0.05, 0.1) is 13.2 Å². The van der Waals surface area contributed by atoms with E-state index in [1.165, 1.54) is 12.1 Å². The van der Waals surface area contributed by atoms with Crippen LogP contribution in [0.25, 0.3) is 0 Å². The highest BCUT2D eigenvalue weighted by Gasteiger charge is 2.22. The third-order valence-corrected chi connectivity index (χ3v) is 4.10. The first-order valence-corrected chi connectivity index (χ1v) is 8.42. The van der Waals surface area contributed by atoms with Crippen molar-refractivity contribution in [2.45, 2.75) is 19.1 Å². The van der Waals surface area contributed by atoms with Crippen molar-refractivity contribution in [2.75, 3.05) is 27.7 Å². The summed E-state index contributed by atoms with van der Waals surface area (Å²) in [5, 5.41) is 2.87. The summed E-state index contributed by atoms with van der Waals surface area (Å²) >= 11 is 0. The Kier molecular flexibility index (Phi) is 6.97. The molecular weight excluding hydrogens is 335 g/mol. The van der Waals surface area contributed by atoms with Gasteiger partial charge in [0.15, 0.2) is 17.7 Å². The fourth-order valence-electron chi connectivity index (χ4n) is 2.64. The van der Waals surface area contributed by atoms with Gasteiger partial charge in [-0.05, 0) is 39.2 Å². The van der Waals surface area contributed by atoms with Crippen LogP contribution < -0.4 is 14.8 Å². The largest absolute Gasteiger partial charge is 0.496 e. The molecule has 2 aromatic carbocycles. The summed E-state index contributed by atoms with van der Waals surface area (Å²) in [6, 6.07) is 13.6. The molecule has 0 saturated carbocycles. The first-order valence-electron chi connectivity index (χ1n) is 8.42. The topological polar surface area (TPSA) is 50.8 Å². The van der Waals surface area contributed by atoms with E-state index < -0.39 is 11.9 Å². The zero-order chi connectivity index (χ0) is 19.1. The lowest BCUT2D eigenvalue weighted by Crippen LogP contribution is -2.41. The van der Waals surface area contributed by atoms with E-state index in [4.69, 9.17) is 9.47 Å². The van der Waals surface area contributed by atoms with Gasteiger partial charge in [-0.1, -0.05) is 30.3 Å². The number of ether oxygens (including phenoxy) is 2. The van der Waals surface area contributed by atoms with E-state index in [1.54, 1.807) is 26.2 Å². The maximum atomic E-state index is 13.7. The van der Waals surface area contributed by atoms with Gasteiger partial charge in [-0.25, -0.2) is 4.39 Å². The molecule has 1 N–H and O–H groups in total. The second-order valence-corrected chi connectivity index (χ2v) is 6.16. The molecule has 0 aliphatic carbocycles.